The Hall–Kier alpha value is -1.48. The van der Waals surface area contributed by atoms with Gasteiger partial charge in [0.2, 0.25) is 5.13 Å². The number of aliphatic hydroxyl groups excluding tert-OH is 1. The van der Waals surface area contributed by atoms with Gasteiger partial charge in [-0.15, -0.1) is 5.10 Å². The van der Waals surface area contributed by atoms with Gasteiger partial charge in [-0.05, 0) is 37.2 Å². The molecule has 1 aromatic carbocycles. The molecule has 1 fully saturated rings. The molecule has 0 spiro atoms. The number of nitrogens with one attached hydrogen (secondary N) is 2. The van der Waals surface area contributed by atoms with Crippen LogP contribution in [0.25, 0.3) is 0 Å². The molecule has 0 saturated carbocycles. The Morgan fingerprint density at radius 2 is 2.35 bits per heavy atom. The summed E-state index contributed by atoms with van der Waals surface area (Å²) >= 11 is 6.86. The van der Waals surface area contributed by atoms with Crippen molar-refractivity contribution in [3.8, 4) is 5.75 Å². The molecule has 0 aliphatic carbocycles. The van der Waals surface area contributed by atoms with E-state index < -0.39 is 0 Å². The number of hydrogen-bond acceptors (Lipinski definition) is 6. The van der Waals surface area contributed by atoms with Gasteiger partial charge in [0.05, 0.1) is 19.3 Å². The minimum Gasteiger partial charge on any atom is -0.495 e. The second kappa shape index (κ2) is 7.39. The fourth-order valence-corrected chi connectivity index (χ4v) is 3.82. The molecule has 1 unspecified atom stereocenters. The molecule has 2 atom stereocenters. The van der Waals surface area contributed by atoms with Crippen LogP contribution in [0.4, 0.5) is 10.8 Å². The van der Waals surface area contributed by atoms with Gasteiger partial charge in [-0.2, -0.15) is 4.68 Å². The third kappa shape index (κ3) is 4.08. The molecule has 0 amide bonds. The highest BCUT2D eigenvalue weighted by Crippen LogP contribution is 2.28. The van der Waals surface area contributed by atoms with Crippen molar-refractivity contribution in [2.24, 2.45) is 0 Å². The first-order chi connectivity index (χ1) is 11.2. The predicted octanol–water partition coefficient (Wildman–Crippen LogP) is 1.42. The number of benzene rings is 1. The number of para-hydroxylation sites is 2. The highest BCUT2D eigenvalue weighted by molar-refractivity contribution is 7.73. The van der Waals surface area contributed by atoms with Gasteiger partial charge < -0.3 is 20.1 Å². The van der Waals surface area contributed by atoms with Crippen molar-refractivity contribution >= 4 is 34.4 Å². The average molecular weight is 353 g/mol. The average Bonchev–Trinajstić information content (AvgIpc) is 2.87. The standard InChI is InChI=1S/C15H20N4O2S2/c1-21-13-7-3-2-6-12(13)16-14-17-19(15(22)23-14)10-18-8-4-5-11(20)9-18/h2-3,6-7,11,20H,4-5,8-10H2,1H3,(H,16,17)/p+1/t11-/m1/s1. The summed E-state index contributed by atoms with van der Waals surface area (Å²) in [5.41, 5.74) is 0.867. The van der Waals surface area contributed by atoms with Crippen LogP contribution in [-0.4, -0.2) is 41.2 Å². The van der Waals surface area contributed by atoms with Crippen LogP contribution >= 0.6 is 23.6 Å². The van der Waals surface area contributed by atoms with Crippen molar-refractivity contribution in [3.63, 3.8) is 0 Å². The van der Waals surface area contributed by atoms with Gasteiger partial charge in [0, 0.05) is 0 Å². The van der Waals surface area contributed by atoms with Gasteiger partial charge in [-0.25, -0.2) is 0 Å². The van der Waals surface area contributed by atoms with Crippen LogP contribution in [-0.2, 0) is 6.67 Å². The maximum atomic E-state index is 9.78. The van der Waals surface area contributed by atoms with Gasteiger partial charge in [-0.3, -0.25) is 0 Å². The lowest BCUT2D eigenvalue weighted by atomic mass is 10.1. The first kappa shape index (κ1) is 16.4. The Morgan fingerprint density at radius 1 is 1.52 bits per heavy atom. The number of methoxy groups -OCH3 is 1. The number of quaternary nitrogens is 1. The molecule has 1 aromatic heterocycles. The third-order valence-electron chi connectivity index (χ3n) is 3.92. The second-order valence-electron chi connectivity index (χ2n) is 5.66. The van der Waals surface area contributed by atoms with E-state index in [4.69, 9.17) is 17.0 Å². The SMILES string of the molecule is COc1ccccc1Nc1nn(C[NH+]2CCC[C@@H](O)C2)c(=S)s1. The lowest BCUT2D eigenvalue weighted by Crippen LogP contribution is -3.13. The number of aromatic nitrogens is 2. The Bertz CT molecular complexity index is 715. The monoisotopic (exact) mass is 353 g/mol. The lowest BCUT2D eigenvalue weighted by Gasteiger charge is -2.26. The smallest absolute Gasteiger partial charge is 0.209 e. The summed E-state index contributed by atoms with van der Waals surface area (Å²) in [4.78, 5) is 1.31. The Balaban J connectivity index is 1.72. The Kier molecular flexibility index (Phi) is 5.27. The summed E-state index contributed by atoms with van der Waals surface area (Å²) in [6.45, 7) is 2.50. The van der Waals surface area contributed by atoms with Crippen LogP contribution in [0.3, 0.4) is 0 Å². The maximum absolute atomic E-state index is 9.78. The molecule has 0 bridgehead atoms. The van der Waals surface area contributed by atoms with Crippen molar-refractivity contribution in [1.29, 1.82) is 0 Å². The molecule has 1 aliphatic heterocycles. The fraction of sp³-hybridized carbons (Fsp3) is 0.467. The first-order valence-electron chi connectivity index (χ1n) is 7.65. The van der Waals surface area contributed by atoms with Gasteiger partial charge in [0.25, 0.3) is 0 Å². The van der Waals surface area contributed by atoms with E-state index in [2.05, 4.69) is 10.4 Å². The quantitative estimate of drug-likeness (QED) is 0.710. The normalized spacial score (nSPS) is 21.1. The third-order valence-corrected chi connectivity index (χ3v) is 5.14. The summed E-state index contributed by atoms with van der Waals surface area (Å²) in [6, 6.07) is 7.72. The van der Waals surface area contributed by atoms with E-state index >= 15 is 0 Å². The first-order valence-corrected chi connectivity index (χ1v) is 8.88. The molecule has 8 heteroatoms. The zero-order chi connectivity index (χ0) is 16.2. The van der Waals surface area contributed by atoms with Crippen LogP contribution in [0.2, 0.25) is 0 Å². The number of ether oxygens (including phenoxy) is 1. The zero-order valence-corrected chi connectivity index (χ0v) is 14.6. The van der Waals surface area contributed by atoms with Gasteiger partial charge in [0.1, 0.15) is 18.4 Å². The Labute approximate surface area is 144 Å². The van der Waals surface area contributed by atoms with E-state index in [1.165, 1.54) is 16.2 Å². The topological polar surface area (TPSA) is 63.8 Å². The molecule has 3 rings (SSSR count). The van der Waals surface area contributed by atoms with Crippen molar-refractivity contribution in [3.05, 3.63) is 28.2 Å². The van der Waals surface area contributed by atoms with Crippen LogP contribution < -0.4 is 15.0 Å². The van der Waals surface area contributed by atoms with Gasteiger partial charge in [0.15, 0.2) is 10.6 Å². The molecule has 1 saturated heterocycles. The zero-order valence-electron chi connectivity index (χ0n) is 13.0. The molecule has 6 nitrogen and oxygen atoms in total. The number of hydrogen-bond donors (Lipinski definition) is 3. The van der Waals surface area contributed by atoms with E-state index in [0.29, 0.717) is 6.67 Å². The molecule has 2 aromatic rings. The van der Waals surface area contributed by atoms with Gasteiger partial charge in [-0.1, -0.05) is 23.5 Å². The Morgan fingerprint density at radius 3 is 3.13 bits per heavy atom. The fourth-order valence-electron chi connectivity index (χ4n) is 2.80. The molecule has 23 heavy (non-hydrogen) atoms. The maximum Gasteiger partial charge on any atom is 0.209 e. The van der Waals surface area contributed by atoms with Crippen molar-refractivity contribution in [1.82, 2.24) is 9.78 Å². The molecular formula is C15H21N4O2S2+. The summed E-state index contributed by atoms with van der Waals surface area (Å²) in [6.07, 6.45) is 1.73. The van der Waals surface area contributed by atoms with E-state index in [9.17, 15) is 5.11 Å². The molecule has 2 heterocycles. The van der Waals surface area contributed by atoms with E-state index in [1.54, 1.807) is 7.11 Å². The largest absolute Gasteiger partial charge is 0.495 e. The molecule has 1 aliphatic rings. The van der Waals surface area contributed by atoms with Crippen LogP contribution in [0, 0.1) is 3.95 Å². The summed E-state index contributed by atoms with van der Waals surface area (Å²) in [5, 5.41) is 18.4. The summed E-state index contributed by atoms with van der Waals surface area (Å²) < 4.78 is 7.91. The number of nitrogens with zero attached hydrogens (tertiary/aromatic N) is 2. The number of aliphatic hydroxyl groups is 1. The number of rotatable bonds is 5. The highest BCUT2D eigenvalue weighted by Gasteiger charge is 2.22. The molecular weight excluding hydrogens is 332 g/mol. The van der Waals surface area contributed by atoms with Crippen LogP contribution in [0.15, 0.2) is 24.3 Å². The molecule has 3 N–H and O–H groups in total. The van der Waals surface area contributed by atoms with Crippen LogP contribution in [0.1, 0.15) is 12.8 Å². The summed E-state index contributed by atoms with van der Waals surface area (Å²) in [7, 11) is 1.64. The van der Waals surface area contributed by atoms with E-state index in [0.717, 1.165) is 46.5 Å². The second-order valence-corrected chi connectivity index (χ2v) is 7.28. The van der Waals surface area contributed by atoms with Crippen molar-refractivity contribution in [2.45, 2.75) is 25.6 Å². The highest BCUT2D eigenvalue weighted by atomic mass is 32.1. The van der Waals surface area contributed by atoms with Crippen molar-refractivity contribution < 1.29 is 14.7 Å². The molecule has 124 valence electrons. The van der Waals surface area contributed by atoms with Crippen LogP contribution in [0.5, 0.6) is 5.75 Å². The minimum absolute atomic E-state index is 0.210. The lowest BCUT2D eigenvalue weighted by molar-refractivity contribution is -0.931. The van der Waals surface area contributed by atoms with E-state index in [1.807, 2.05) is 28.9 Å². The summed E-state index contributed by atoms with van der Waals surface area (Å²) in [5.74, 6) is 0.768. The van der Waals surface area contributed by atoms with Crippen molar-refractivity contribution in [2.75, 3.05) is 25.5 Å². The van der Waals surface area contributed by atoms with Gasteiger partial charge >= 0.3 is 0 Å². The predicted molar refractivity (Wildman–Crippen MR) is 93.2 cm³/mol. The number of anilines is 2. The number of likely N-dealkylation sites (tertiary alicyclic amines) is 1. The molecule has 0 radical (unpaired) electrons. The van der Waals surface area contributed by atoms with E-state index in [-0.39, 0.29) is 6.10 Å². The number of piperidine rings is 1. The minimum atomic E-state index is -0.210.